The summed E-state index contributed by atoms with van der Waals surface area (Å²) in [5.74, 6) is 0.218. The second kappa shape index (κ2) is 9.06. The third-order valence-corrected chi connectivity index (χ3v) is 6.28. The van der Waals surface area contributed by atoms with E-state index in [1.54, 1.807) is 18.5 Å². The van der Waals surface area contributed by atoms with Crippen LogP contribution in [0.1, 0.15) is 42.4 Å². The molecule has 0 unspecified atom stereocenters. The molecule has 0 bridgehead atoms. The summed E-state index contributed by atoms with van der Waals surface area (Å²) >= 11 is 1.52. The number of aliphatic hydroxyl groups is 1. The highest BCUT2D eigenvalue weighted by atomic mass is 32.1. The van der Waals surface area contributed by atoms with Gasteiger partial charge in [-0.3, -0.25) is 9.59 Å². The molecule has 0 aliphatic carbocycles. The van der Waals surface area contributed by atoms with Gasteiger partial charge in [0, 0.05) is 25.6 Å². The highest BCUT2D eigenvalue weighted by molar-refractivity contribution is 7.13. The lowest BCUT2D eigenvalue weighted by Gasteiger charge is -2.51. The molecule has 2 atom stereocenters. The lowest BCUT2D eigenvalue weighted by Crippen LogP contribution is -2.65. The lowest BCUT2D eigenvalue weighted by molar-refractivity contribution is -0.167. The van der Waals surface area contributed by atoms with Crippen LogP contribution in [0.25, 0.3) is 0 Å². The molecule has 164 valence electrons. The van der Waals surface area contributed by atoms with Crippen molar-refractivity contribution in [3.63, 3.8) is 0 Å². The smallest absolute Gasteiger partial charge is 0.290 e. The predicted molar refractivity (Wildman–Crippen MR) is 106 cm³/mol. The third-order valence-electron chi connectivity index (χ3n) is 5.53. The van der Waals surface area contributed by atoms with Crippen LogP contribution in [0.5, 0.6) is 0 Å². The van der Waals surface area contributed by atoms with E-state index in [2.05, 4.69) is 25.6 Å². The Morgan fingerprint density at radius 1 is 1.43 bits per heavy atom. The van der Waals surface area contributed by atoms with E-state index in [1.165, 1.54) is 11.3 Å². The van der Waals surface area contributed by atoms with Crippen LogP contribution in [0.15, 0.2) is 16.1 Å². The number of carbonyl (C=O) groups is 2. The molecule has 12 heteroatoms. The molecule has 0 saturated carbocycles. The molecule has 30 heavy (non-hydrogen) atoms. The second-order valence-electron chi connectivity index (χ2n) is 7.69. The Balaban J connectivity index is 0.000000806. The maximum absolute atomic E-state index is 12.5. The highest BCUT2D eigenvalue weighted by Crippen LogP contribution is 2.40. The topological polar surface area (TPSA) is 151 Å². The monoisotopic (exact) mass is 439 g/mol. The number of anilines is 1. The molecule has 2 aliphatic heterocycles. The first-order valence-electron chi connectivity index (χ1n) is 9.48. The Morgan fingerprint density at radius 2 is 2.13 bits per heavy atom. The molecule has 3 N–H and O–H groups in total. The zero-order valence-corrected chi connectivity index (χ0v) is 17.6. The number of carboxylic acid groups (broad SMARTS) is 1. The Labute approximate surface area is 177 Å². The molecule has 11 nitrogen and oxygen atoms in total. The molecule has 2 saturated heterocycles. The summed E-state index contributed by atoms with van der Waals surface area (Å²) in [6, 6.07) is 1.58. The normalized spacial score (nSPS) is 25.3. The zero-order chi connectivity index (χ0) is 21.8. The van der Waals surface area contributed by atoms with Crippen LogP contribution in [0, 0.1) is 6.92 Å². The minimum Gasteiger partial charge on any atom is -0.483 e. The van der Waals surface area contributed by atoms with Crippen LogP contribution in [0.2, 0.25) is 0 Å². The van der Waals surface area contributed by atoms with Crippen molar-refractivity contribution in [2.75, 3.05) is 24.6 Å². The van der Waals surface area contributed by atoms with Crippen molar-refractivity contribution >= 4 is 28.8 Å². The van der Waals surface area contributed by atoms with Crippen molar-refractivity contribution in [1.82, 2.24) is 20.7 Å². The van der Waals surface area contributed by atoms with Gasteiger partial charge >= 0.3 is 0 Å². The number of aryl methyl sites for hydroxylation is 1. The second-order valence-corrected chi connectivity index (χ2v) is 8.51. The number of hydrogen-bond acceptors (Lipinski definition) is 10. The van der Waals surface area contributed by atoms with Gasteiger partial charge in [0.2, 0.25) is 5.13 Å². The first-order chi connectivity index (χ1) is 14.3. The molecule has 4 rings (SSSR count). The molecule has 2 aromatic heterocycles. The Kier molecular flexibility index (Phi) is 6.68. The predicted octanol–water partition coefficient (Wildman–Crippen LogP) is 0.844. The minimum absolute atomic E-state index is 0.188. The van der Waals surface area contributed by atoms with Crippen LogP contribution in [-0.4, -0.2) is 74.9 Å². The summed E-state index contributed by atoms with van der Waals surface area (Å²) in [4.78, 5) is 23.1. The van der Waals surface area contributed by atoms with Gasteiger partial charge in [-0.05, 0) is 26.7 Å². The molecular weight excluding hydrogens is 414 g/mol. The number of piperidine rings is 1. The van der Waals surface area contributed by atoms with Crippen molar-refractivity contribution < 1.29 is 29.1 Å². The fourth-order valence-electron chi connectivity index (χ4n) is 3.93. The van der Waals surface area contributed by atoms with Gasteiger partial charge in [-0.1, -0.05) is 16.5 Å². The fourth-order valence-corrected chi connectivity index (χ4v) is 4.55. The summed E-state index contributed by atoms with van der Waals surface area (Å²) in [6.07, 6.45) is 1.34. The number of rotatable bonds is 3. The Morgan fingerprint density at radius 3 is 2.70 bits per heavy atom. The van der Waals surface area contributed by atoms with Crippen LogP contribution in [0.4, 0.5) is 5.13 Å². The summed E-state index contributed by atoms with van der Waals surface area (Å²) < 4.78 is 11.1. The standard InChI is InChI=1S/C17H23N5O4S.CH2O2/c1-11-7-12(21-26-11)14(24)19-16(2)9-17(25-8-13(16)23)3-5-22(6-4-17)15-20-18-10-27-15;2-1-3/h7,10,13,23H,3-6,8-9H2,1-2H3,(H,19,24);1H,(H,2,3)/t13-,16-;/m1./s1. The van der Waals surface area contributed by atoms with Crippen LogP contribution in [0.3, 0.4) is 0 Å². The minimum atomic E-state index is -0.799. The molecule has 1 amide bonds. The number of hydrogen-bond donors (Lipinski definition) is 3. The number of ether oxygens (including phenoxy) is 1. The summed E-state index contributed by atoms with van der Waals surface area (Å²) in [7, 11) is 0. The zero-order valence-electron chi connectivity index (χ0n) is 16.8. The molecule has 1 spiro atoms. The SMILES string of the molecule is Cc1cc(C(=O)N[C@]2(C)CC3(CCN(c4nncs4)CC3)OC[C@H]2O)no1.O=CO. The van der Waals surface area contributed by atoms with Crippen LogP contribution < -0.4 is 10.2 Å². The van der Waals surface area contributed by atoms with E-state index in [1.807, 2.05) is 6.92 Å². The van der Waals surface area contributed by atoms with E-state index >= 15 is 0 Å². The van der Waals surface area contributed by atoms with Crippen LogP contribution >= 0.6 is 11.3 Å². The maximum Gasteiger partial charge on any atom is 0.290 e. The van der Waals surface area contributed by atoms with E-state index in [0.29, 0.717) is 12.2 Å². The van der Waals surface area contributed by atoms with Crippen molar-refractivity contribution in [2.45, 2.75) is 50.4 Å². The molecule has 0 radical (unpaired) electrons. The summed E-state index contributed by atoms with van der Waals surface area (Å²) in [5, 5.41) is 33.1. The number of aromatic nitrogens is 3. The fraction of sp³-hybridized carbons (Fsp3) is 0.611. The lowest BCUT2D eigenvalue weighted by atomic mass is 9.74. The van der Waals surface area contributed by atoms with E-state index in [4.69, 9.17) is 19.2 Å². The Bertz CT molecular complexity index is 851. The first kappa shape index (κ1) is 22.1. The summed E-state index contributed by atoms with van der Waals surface area (Å²) in [5.41, 5.74) is 0.772. The maximum atomic E-state index is 12.5. The average Bonchev–Trinajstić information content (AvgIpc) is 3.38. The molecule has 2 aliphatic rings. The number of nitrogens with one attached hydrogen (secondary N) is 1. The van der Waals surface area contributed by atoms with Crippen molar-refractivity contribution in [3.05, 3.63) is 23.0 Å². The van der Waals surface area contributed by atoms with Crippen molar-refractivity contribution in [1.29, 1.82) is 0 Å². The molecule has 4 heterocycles. The third kappa shape index (κ3) is 4.77. The van der Waals surface area contributed by atoms with Gasteiger partial charge < -0.3 is 29.7 Å². The number of nitrogens with zero attached hydrogens (tertiary/aromatic N) is 4. The molecule has 0 aromatic carbocycles. The quantitative estimate of drug-likeness (QED) is 0.587. The van der Waals surface area contributed by atoms with E-state index in [0.717, 1.165) is 31.1 Å². The van der Waals surface area contributed by atoms with Gasteiger partial charge in [0.25, 0.3) is 12.4 Å². The van der Waals surface area contributed by atoms with E-state index in [9.17, 15) is 9.90 Å². The first-order valence-corrected chi connectivity index (χ1v) is 10.4. The van der Waals surface area contributed by atoms with Gasteiger partial charge in [0.05, 0.1) is 17.7 Å². The number of amides is 1. The highest BCUT2D eigenvalue weighted by Gasteiger charge is 2.50. The van der Waals surface area contributed by atoms with Gasteiger partial charge in [-0.15, -0.1) is 10.2 Å². The van der Waals surface area contributed by atoms with E-state index in [-0.39, 0.29) is 30.3 Å². The largest absolute Gasteiger partial charge is 0.483 e. The molecule has 2 aromatic rings. The van der Waals surface area contributed by atoms with Crippen molar-refractivity contribution in [3.8, 4) is 0 Å². The van der Waals surface area contributed by atoms with E-state index < -0.39 is 11.6 Å². The summed E-state index contributed by atoms with van der Waals surface area (Å²) in [6.45, 7) is 5.14. The molecular formula is C18H25N5O6S. The average molecular weight is 439 g/mol. The molecule has 2 fully saturated rings. The van der Waals surface area contributed by atoms with Gasteiger partial charge in [0.15, 0.2) is 5.69 Å². The number of carbonyl (C=O) groups excluding carboxylic acids is 1. The van der Waals surface area contributed by atoms with Gasteiger partial charge in [0.1, 0.15) is 17.4 Å². The Hall–Kier alpha value is -2.57. The van der Waals surface area contributed by atoms with Crippen molar-refractivity contribution in [2.24, 2.45) is 0 Å². The van der Waals surface area contributed by atoms with Crippen LogP contribution in [-0.2, 0) is 9.53 Å². The van der Waals surface area contributed by atoms with Gasteiger partial charge in [-0.2, -0.15) is 0 Å². The number of aliphatic hydroxyl groups excluding tert-OH is 1. The van der Waals surface area contributed by atoms with Gasteiger partial charge in [-0.25, -0.2) is 0 Å².